The van der Waals surface area contributed by atoms with Gasteiger partial charge in [-0.15, -0.1) is 0 Å². The van der Waals surface area contributed by atoms with Crippen molar-refractivity contribution in [3.8, 4) is 0 Å². The van der Waals surface area contributed by atoms with Crippen molar-refractivity contribution in [2.75, 3.05) is 6.61 Å². The molecule has 1 heteroatoms. The lowest BCUT2D eigenvalue weighted by Crippen LogP contribution is -2.29. The van der Waals surface area contributed by atoms with Crippen LogP contribution in [0.15, 0.2) is 18.2 Å². The molecule has 0 radical (unpaired) electrons. The van der Waals surface area contributed by atoms with Gasteiger partial charge in [-0.1, -0.05) is 32.0 Å². The van der Waals surface area contributed by atoms with Gasteiger partial charge in [0.05, 0.1) is 0 Å². The molecule has 88 valence electrons. The summed E-state index contributed by atoms with van der Waals surface area (Å²) in [6.45, 7) is 6.82. The van der Waals surface area contributed by atoms with Crippen LogP contribution >= 0.6 is 0 Å². The van der Waals surface area contributed by atoms with E-state index in [2.05, 4.69) is 39.0 Å². The van der Waals surface area contributed by atoms with Gasteiger partial charge in [0.1, 0.15) is 0 Å². The molecule has 1 aromatic carbocycles. The monoisotopic (exact) mass is 218 g/mol. The molecule has 1 nitrogen and oxygen atoms in total. The van der Waals surface area contributed by atoms with Crippen LogP contribution in [0.3, 0.4) is 0 Å². The van der Waals surface area contributed by atoms with Gasteiger partial charge < -0.3 is 5.11 Å². The second-order valence-electron chi connectivity index (χ2n) is 5.73. The molecule has 1 N–H and O–H groups in total. The second-order valence-corrected chi connectivity index (χ2v) is 5.73. The zero-order valence-electron chi connectivity index (χ0n) is 10.6. The van der Waals surface area contributed by atoms with Gasteiger partial charge in [0, 0.05) is 6.61 Å². The fourth-order valence-corrected chi connectivity index (χ4v) is 2.95. The Labute approximate surface area is 98.5 Å². The van der Waals surface area contributed by atoms with Gasteiger partial charge in [0.15, 0.2) is 0 Å². The van der Waals surface area contributed by atoms with Crippen LogP contribution in [-0.4, -0.2) is 11.7 Å². The number of hydrogen-bond acceptors (Lipinski definition) is 1. The molecule has 0 spiro atoms. The Morgan fingerprint density at radius 3 is 2.81 bits per heavy atom. The fraction of sp³-hybridized carbons (Fsp3) is 0.600. The molecule has 0 aliphatic heterocycles. The number of fused-ring (bicyclic) bond motifs is 1. The minimum absolute atomic E-state index is 0.00294. The molecule has 0 aromatic heterocycles. The number of benzene rings is 1. The van der Waals surface area contributed by atoms with Crippen molar-refractivity contribution in [2.45, 2.75) is 46.0 Å². The van der Waals surface area contributed by atoms with Crippen molar-refractivity contribution < 1.29 is 5.11 Å². The normalized spacial score (nSPS) is 20.6. The highest BCUT2D eigenvalue weighted by Crippen LogP contribution is 2.44. The first-order valence-corrected chi connectivity index (χ1v) is 6.25. The summed E-state index contributed by atoms with van der Waals surface area (Å²) in [7, 11) is 0. The molecule has 0 fully saturated rings. The number of rotatable bonds is 2. The molecule has 0 heterocycles. The van der Waals surface area contributed by atoms with Crippen molar-refractivity contribution in [1.29, 1.82) is 0 Å². The summed E-state index contributed by atoms with van der Waals surface area (Å²) in [5.41, 5.74) is 4.42. The van der Waals surface area contributed by atoms with E-state index in [0.29, 0.717) is 5.92 Å². The molecule has 1 unspecified atom stereocenters. The van der Waals surface area contributed by atoms with E-state index < -0.39 is 0 Å². The Bertz CT molecular complexity index is 379. The standard InChI is InChI=1S/C15H22O/c1-11-6-4-8-13-12(11)7-5-9-14(13)15(2,3)10-16/h4,6,8,14,16H,5,7,9-10H2,1-3H3. The van der Waals surface area contributed by atoms with E-state index in [4.69, 9.17) is 0 Å². The number of hydrogen-bond donors (Lipinski definition) is 1. The van der Waals surface area contributed by atoms with Gasteiger partial charge in [-0.2, -0.15) is 0 Å². The maximum Gasteiger partial charge on any atom is 0.0487 e. The Hall–Kier alpha value is -0.820. The largest absolute Gasteiger partial charge is 0.396 e. The summed E-state index contributed by atoms with van der Waals surface area (Å²) < 4.78 is 0. The highest BCUT2D eigenvalue weighted by atomic mass is 16.3. The van der Waals surface area contributed by atoms with Gasteiger partial charge in [-0.05, 0) is 54.2 Å². The van der Waals surface area contributed by atoms with Gasteiger partial charge in [0.2, 0.25) is 0 Å². The number of aliphatic hydroxyl groups is 1. The van der Waals surface area contributed by atoms with Crippen LogP contribution in [0.2, 0.25) is 0 Å². The molecule has 16 heavy (non-hydrogen) atoms. The van der Waals surface area contributed by atoms with Crippen molar-refractivity contribution in [3.63, 3.8) is 0 Å². The van der Waals surface area contributed by atoms with Crippen LogP contribution in [0.25, 0.3) is 0 Å². The van der Waals surface area contributed by atoms with Crippen molar-refractivity contribution in [3.05, 3.63) is 34.9 Å². The lowest BCUT2D eigenvalue weighted by molar-refractivity contribution is 0.122. The highest BCUT2D eigenvalue weighted by molar-refractivity contribution is 5.39. The van der Waals surface area contributed by atoms with Crippen LogP contribution in [0.1, 0.15) is 49.3 Å². The van der Waals surface area contributed by atoms with Gasteiger partial charge >= 0.3 is 0 Å². The van der Waals surface area contributed by atoms with Crippen molar-refractivity contribution in [2.24, 2.45) is 5.41 Å². The lowest BCUT2D eigenvalue weighted by Gasteiger charge is -2.37. The first-order chi connectivity index (χ1) is 7.56. The van der Waals surface area contributed by atoms with Gasteiger partial charge in [0.25, 0.3) is 0 Å². The third kappa shape index (κ3) is 1.89. The smallest absolute Gasteiger partial charge is 0.0487 e. The van der Waals surface area contributed by atoms with E-state index in [1.807, 2.05) is 0 Å². The van der Waals surface area contributed by atoms with Crippen LogP contribution in [0.4, 0.5) is 0 Å². The minimum Gasteiger partial charge on any atom is -0.396 e. The molecule has 1 aliphatic rings. The number of aryl methyl sites for hydroxylation is 1. The molecule has 2 rings (SSSR count). The summed E-state index contributed by atoms with van der Waals surface area (Å²) in [6, 6.07) is 6.61. The Kier molecular flexibility index (Phi) is 3.07. The van der Waals surface area contributed by atoms with Crippen molar-refractivity contribution >= 4 is 0 Å². The number of aliphatic hydroxyl groups excluding tert-OH is 1. The Balaban J connectivity index is 2.45. The molecular weight excluding hydrogens is 196 g/mol. The molecule has 0 saturated carbocycles. The first kappa shape index (κ1) is 11.7. The average Bonchev–Trinajstić information content (AvgIpc) is 2.29. The Morgan fingerprint density at radius 1 is 1.38 bits per heavy atom. The first-order valence-electron chi connectivity index (χ1n) is 6.25. The Morgan fingerprint density at radius 2 is 2.12 bits per heavy atom. The summed E-state index contributed by atoms with van der Waals surface area (Å²) in [5.74, 6) is 0.515. The van der Waals surface area contributed by atoms with E-state index >= 15 is 0 Å². The van der Waals surface area contributed by atoms with Crippen LogP contribution in [0.5, 0.6) is 0 Å². The van der Waals surface area contributed by atoms with Gasteiger partial charge in [-0.3, -0.25) is 0 Å². The van der Waals surface area contributed by atoms with Crippen molar-refractivity contribution in [1.82, 2.24) is 0 Å². The third-order valence-electron chi connectivity index (χ3n) is 4.09. The summed E-state index contributed by atoms with van der Waals surface area (Å²) in [5, 5.41) is 9.54. The predicted molar refractivity (Wildman–Crippen MR) is 67.7 cm³/mol. The molecule has 0 bridgehead atoms. The quantitative estimate of drug-likeness (QED) is 0.806. The second kappa shape index (κ2) is 4.21. The van der Waals surface area contributed by atoms with E-state index in [0.717, 1.165) is 0 Å². The maximum atomic E-state index is 9.54. The van der Waals surface area contributed by atoms with Crippen LogP contribution < -0.4 is 0 Å². The summed E-state index contributed by atoms with van der Waals surface area (Å²) >= 11 is 0. The summed E-state index contributed by atoms with van der Waals surface area (Å²) in [6.07, 6.45) is 3.68. The van der Waals surface area contributed by atoms with Crippen LogP contribution in [0, 0.1) is 12.3 Å². The average molecular weight is 218 g/mol. The molecule has 1 aliphatic carbocycles. The molecule has 0 saturated heterocycles. The maximum absolute atomic E-state index is 9.54. The fourth-order valence-electron chi connectivity index (χ4n) is 2.95. The minimum atomic E-state index is 0.00294. The van der Waals surface area contributed by atoms with E-state index in [-0.39, 0.29) is 12.0 Å². The third-order valence-corrected chi connectivity index (χ3v) is 4.09. The zero-order chi connectivity index (χ0) is 11.8. The molecule has 1 atom stereocenters. The van der Waals surface area contributed by atoms with Crippen LogP contribution in [-0.2, 0) is 6.42 Å². The topological polar surface area (TPSA) is 20.2 Å². The van der Waals surface area contributed by atoms with E-state index in [1.54, 1.807) is 0 Å². The van der Waals surface area contributed by atoms with E-state index in [9.17, 15) is 5.11 Å². The van der Waals surface area contributed by atoms with Gasteiger partial charge in [-0.25, -0.2) is 0 Å². The molecule has 1 aromatic rings. The summed E-state index contributed by atoms with van der Waals surface area (Å²) in [4.78, 5) is 0. The molecular formula is C15H22O. The lowest BCUT2D eigenvalue weighted by atomic mass is 9.68. The van der Waals surface area contributed by atoms with E-state index in [1.165, 1.54) is 36.0 Å². The zero-order valence-corrected chi connectivity index (χ0v) is 10.6. The highest BCUT2D eigenvalue weighted by Gasteiger charge is 2.33. The SMILES string of the molecule is Cc1cccc2c1CCCC2C(C)(C)CO. The predicted octanol–water partition coefficient (Wildman–Crippen LogP) is 3.43. The molecule has 0 amide bonds.